The first kappa shape index (κ1) is 12.4. The fourth-order valence-electron chi connectivity index (χ4n) is 1.29. The lowest BCUT2D eigenvalue weighted by atomic mass is 10.2. The van der Waals surface area contributed by atoms with E-state index in [0.717, 1.165) is 19.5 Å². The number of amides is 1. The van der Waals surface area contributed by atoms with Gasteiger partial charge in [0.2, 0.25) is 5.91 Å². The van der Waals surface area contributed by atoms with Gasteiger partial charge in [-0.15, -0.1) is 0 Å². The van der Waals surface area contributed by atoms with Crippen LogP contribution < -0.4 is 11.1 Å². The van der Waals surface area contributed by atoms with E-state index in [0.29, 0.717) is 6.54 Å². The van der Waals surface area contributed by atoms with Crippen molar-refractivity contribution in [2.75, 3.05) is 26.7 Å². The van der Waals surface area contributed by atoms with E-state index in [-0.39, 0.29) is 11.9 Å². The molecular weight excluding hydrogens is 166 g/mol. The van der Waals surface area contributed by atoms with Crippen LogP contribution in [0.25, 0.3) is 0 Å². The fraction of sp³-hybridized carbons (Fsp3) is 0.889. The third kappa shape index (κ3) is 5.60. The first-order valence-corrected chi connectivity index (χ1v) is 4.83. The summed E-state index contributed by atoms with van der Waals surface area (Å²) < 4.78 is 0. The van der Waals surface area contributed by atoms with Crippen molar-refractivity contribution in [2.45, 2.75) is 26.3 Å². The lowest BCUT2D eigenvalue weighted by Gasteiger charge is -2.21. The molecule has 0 saturated carbocycles. The van der Waals surface area contributed by atoms with Crippen LogP contribution in [0.3, 0.4) is 0 Å². The highest BCUT2D eigenvalue weighted by atomic mass is 16.1. The van der Waals surface area contributed by atoms with Crippen molar-refractivity contribution in [3.63, 3.8) is 0 Å². The molecule has 0 radical (unpaired) electrons. The maximum atomic E-state index is 11.0. The molecule has 0 heterocycles. The average molecular weight is 187 g/mol. The Bertz CT molecular complexity index is 150. The molecule has 0 fully saturated rings. The molecule has 13 heavy (non-hydrogen) atoms. The number of hydrogen-bond acceptors (Lipinski definition) is 3. The molecule has 1 unspecified atom stereocenters. The fourth-order valence-corrected chi connectivity index (χ4v) is 1.29. The van der Waals surface area contributed by atoms with Gasteiger partial charge < -0.3 is 16.0 Å². The van der Waals surface area contributed by atoms with Crippen LogP contribution in [-0.2, 0) is 4.79 Å². The number of primary amides is 1. The quantitative estimate of drug-likeness (QED) is 0.580. The van der Waals surface area contributed by atoms with Gasteiger partial charge in [0.1, 0.15) is 0 Å². The van der Waals surface area contributed by atoms with Crippen LogP contribution in [0.2, 0.25) is 0 Å². The Balaban J connectivity index is 3.86. The SMILES string of the molecule is CCCN(C)CC(NCC)C(N)=O. The Morgan fingerprint density at radius 1 is 1.54 bits per heavy atom. The minimum absolute atomic E-state index is 0.221. The van der Waals surface area contributed by atoms with Crippen molar-refractivity contribution in [2.24, 2.45) is 5.73 Å². The van der Waals surface area contributed by atoms with Gasteiger partial charge in [0.15, 0.2) is 0 Å². The molecular formula is C9H21N3O. The van der Waals surface area contributed by atoms with Gasteiger partial charge in [-0.2, -0.15) is 0 Å². The number of nitrogens with zero attached hydrogens (tertiary/aromatic N) is 1. The summed E-state index contributed by atoms with van der Waals surface area (Å²) in [4.78, 5) is 13.1. The molecule has 0 aliphatic heterocycles. The molecule has 0 rings (SSSR count). The summed E-state index contributed by atoms with van der Waals surface area (Å²) >= 11 is 0. The second-order valence-corrected chi connectivity index (χ2v) is 3.27. The Hall–Kier alpha value is -0.610. The lowest BCUT2D eigenvalue weighted by Crippen LogP contribution is -2.48. The van der Waals surface area contributed by atoms with E-state index in [1.54, 1.807) is 0 Å². The number of hydrogen-bond donors (Lipinski definition) is 2. The van der Waals surface area contributed by atoms with Gasteiger partial charge in [0.25, 0.3) is 0 Å². The van der Waals surface area contributed by atoms with Crippen molar-refractivity contribution < 1.29 is 4.79 Å². The van der Waals surface area contributed by atoms with Crippen molar-refractivity contribution in [3.05, 3.63) is 0 Å². The molecule has 0 aliphatic carbocycles. The molecule has 0 aliphatic rings. The van der Waals surface area contributed by atoms with E-state index >= 15 is 0 Å². The van der Waals surface area contributed by atoms with Crippen LogP contribution in [0.4, 0.5) is 0 Å². The van der Waals surface area contributed by atoms with Crippen LogP contribution in [-0.4, -0.2) is 43.5 Å². The average Bonchev–Trinajstić information content (AvgIpc) is 2.04. The molecule has 0 aromatic heterocycles. The monoisotopic (exact) mass is 187 g/mol. The predicted octanol–water partition coefficient (Wildman–Crippen LogP) is -0.208. The van der Waals surface area contributed by atoms with Gasteiger partial charge >= 0.3 is 0 Å². The van der Waals surface area contributed by atoms with E-state index in [2.05, 4.69) is 17.1 Å². The largest absolute Gasteiger partial charge is 0.368 e. The smallest absolute Gasteiger partial charge is 0.235 e. The second-order valence-electron chi connectivity index (χ2n) is 3.27. The van der Waals surface area contributed by atoms with Gasteiger partial charge in [-0.05, 0) is 26.6 Å². The Morgan fingerprint density at radius 3 is 2.54 bits per heavy atom. The lowest BCUT2D eigenvalue weighted by molar-refractivity contribution is -0.120. The van der Waals surface area contributed by atoms with E-state index in [1.165, 1.54) is 0 Å². The first-order valence-electron chi connectivity index (χ1n) is 4.83. The van der Waals surface area contributed by atoms with Gasteiger partial charge in [0.05, 0.1) is 6.04 Å². The molecule has 0 spiro atoms. The summed E-state index contributed by atoms with van der Waals surface area (Å²) in [7, 11) is 2.00. The highest BCUT2D eigenvalue weighted by Crippen LogP contribution is 1.90. The Labute approximate surface area is 80.5 Å². The van der Waals surface area contributed by atoms with Gasteiger partial charge in [0, 0.05) is 6.54 Å². The van der Waals surface area contributed by atoms with E-state index < -0.39 is 0 Å². The molecule has 3 N–H and O–H groups in total. The van der Waals surface area contributed by atoms with Crippen LogP contribution in [0.15, 0.2) is 0 Å². The number of nitrogens with one attached hydrogen (secondary N) is 1. The zero-order valence-corrected chi connectivity index (χ0v) is 8.84. The summed E-state index contributed by atoms with van der Waals surface area (Å²) in [5.74, 6) is -0.273. The normalized spacial score (nSPS) is 13.2. The van der Waals surface area contributed by atoms with Crippen molar-refractivity contribution in [1.29, 1.82) is 0 Å². The predicted molar refractivity (Wildman–Crippen MR) is 54.4 cm³/mol. The molecule has 0 aromatic rings. The minimum atomic E-state index is -0.273. The zero-order valence-electron chi connectivity index (χ0n) is 8.84. The Morgan fingerprint density at radius 2 is 2.15 bits per heavy atom. The van der Waals surface area contributed by atoms with Crippen LogP contribution in [0.1, 0.15) is 20.3 Å². The number of likely N-dealkylation sites (N-methyl/N-ethyl adjacent to an activating group) is 2. The number of carbonyl (C=O) groups is 1. The van der Waals surface area contributed by atoms with Gasteiger partial charge in [-0.3, -0.25) is 4.79 Å². The molecule has 0 bridgehead atoms. The topological polar surface area (TPSA) is 58.4 Å². The standard InChI is InChI=1S/C9H21N3O/c1-4-6-12(3)7-8(9(10)13)11-5-2/h8,11H,4-7H2,1-3H3,(H2,10,13). The van der Waals surface area contributed by atoms with Crippen molar-refractivity contribution >= 4 is 5.91 Å². The van der Waals surface area contributed by atoms with Crippen LogP contribution in [0, 0.1) is 0 Å². The Kier molecular flexibility index (Phi) is 6.54. The zero-order chi connectivity index (χ0) is 10.3. The third-order valence-corrected chi connectivity index (χ3v) is 1.89. The van der Waals surface area contributed by atoms with Gasteiger partial charge in [-0.1, -0.05) is 13.8 Å². The highest BCUT2D eigenvalue weighted by Gasteiger charge is 2.15. The van der Waals surface area contributed by atoms with E-state index in [4.69, 9.17) is 5.73 Å². The third-order valence-electron chi connectivity index (χ3n) is 1.89. The maximum Gasteiger partial charge on any atom is 0.235 e. The summed E-state index contributed by atoms with van der Waals surface area (Å²) in [6.07, 6.45) is 1.09. The molecule has 4 heteroatoms. The first-order chi connectivity index (χ1) is 6.11. The molecule has 1 amide bonds. The molecule has 78 valence electrons. The summed E-state index contributed by atoms with van der Waals surface area (Å²) in [5.41, 5.74) is 5.24. The number of rotatable bonds is 7. The summed E-state index contributed by atoms with van der Waals surface area (Å²) in [6, 6.07) is -0.221. The molecule has 4 nitrogen and oxygen atoms in total. The maximum absolute atomic E-state index is 11.0. The minimum Gasteiger partial charge on any atom is -0.368 e. The molecule has 0 aromatic carbocycles. The van der Waals surface area contributed by atoms with Crippen molar-refractivity contribution in [1.82, 2.24) is 10.2 Å². The molecule has 0 saturated heterocycles. The van der Waals surface area contributed by atoms with E-state index in [9.17, 15) is 4.79 Å². The summed E-state index contributed by atoms with van der Waals surface area (Å²) in [5, 5.41) is 3.06. The summed E-state index contributed by atoms with van der Waals surface area (Å²) in [6.45, 7) is 6.54. The van der Waals surface area contributed by atoms with Crippen molar-refractivity contribution in [3.8, 4) is 0 Å². The number of nitrogens with two attached hydrogens (primary N) is 1. The van der Waals surface area contributed by atoms with Crippen LogP contribution in [0.5, 0.6) is 0 Å². The number of carbonyl (C=O) groups excluding carboxylic acids is 1. The second kappa shape index (κ2) is 6.86. The van der Waals surface area contributed by atoms with Gasteiger partial charge in [-0.25, -0.2) is 0 Å². The molecule has 1 atom stereocenters. The van der Waals surface area contributed by atoms with E-state index in [1.807, 2.05) is 14.0 Å². The van der Waals surface area contributed by atoms with Crippen LogP contribution >= 0.6 is 0 Å². The highest BCUT2D eigenvalue weighted by molar-refractivity contribution is 5.80.